The van der Waals surface area contributed by atoms with Crippen LogP contribution in [0.3, 0.4) is 0 Å². The first-order valence-corrected chi connectivity index (χ1v) is 8.24. The summed E-state index contributed by atoms with van der Waals surface area (Å²) in [6.07, 6.45) is 5.89. The number of aromatic amines is 1. The molecule has 0 bridgehead atoms. The Morgan fingerprint density at radius 1 is 1.38 bits per heavy atom. The van der Waals surface area contributed by atoms with Crippen molar-refractivity contribution in [3.8, 4) is 11.1 Å². The minimum absolute atomic E-state index is 0. The third-order valence-electron chi connectivity index (χ3n) is 4.04. The van der Waals surface area contributed by atoms with Crippen molar-refractivity contribution >= 4 is 16.8 Å². The van der Waals surface area contributed by atoms with Gasteiger partial charge in [-0.2, -0.15) is 5.10 Å². The summed E-state index contributed by atoms with van der Waals surface area (Å²) in [6.45, 7) is 1.98. The zero-order valence-corrected chi connectivity index (χ0v) is 14.4. The molecule has 0 unspecified atom stereocenters. The van der Waals surface area contributed by atoms with Crippen LogP contribution in [0.2, 0.25) is 0 Å². The van der Waals surface area contributed by atoms with Gasteiger partial charge in [-0.15, -0.1) is 0 Å². The molecule has 1 amide bonds. The summed E-state index contributed by atoms with van der Waals surface area (Å²) in [5, 5.41) is 8.15. The number of amides is 1. The molecule has 140 valence electrons. The van der Waals surface area contributed by atoms with E-state index in [4.69, 9.17) is 0 Å². The zero-order chi connectivity index (χ0) is 17.8. The van der Waals surface area contributed by atoms with E-state index in [0.717, 1.165) is 28.6 Å². The topological polar surface area (TPSA) is 66.0 Å². The fraction of sp³-hybridized carbons (Fsp3) is 0.368. The van der Waals surface area contributed by atoms with Gasteiger partial charge >= 0.3 is 0 Å². The number of likely N-dealkylation sites (N-methyl/N-ethyl adjacent to an activating group) is 1. The second-order valence-corrected chi connectivity index (χ2v) is 6.29. The van der Waals surface area contributed by atoms with Crippen LogP contribution in [0.15, 0.2) is 36.8 Å². The molecular formula is C19H26FN5O. The number of carbonyl (C=O) groups is 1. The van der Waals surface area contributed by atoms with Crippen LogP contribution in [0.25, 0.3) is 22.0 Å². The van der Waals surface area contributed by atoms with Crippen molar-refractivity contribution in [3.63, 3.8) is 0 Å². The minimum Gasteiger partial charge on any atom is -0.360 e. The van der Waals surface area contributed by atoms with Gasteiger partial charge in [-0.25, -0.2) is 4.39 Å². The highest BCUT2D eigenvalue weighted by Crippen LogP contribution is 2.28. The highest BCUT2D eigenvalue weighted by molar-refractivity contribution is 5.95. The normalized spacial score (nSPS) is 10.9. The third kappa shape index (κ3) is 4.70. The Labute approximate surface area is 153 Å². The molecule has 1 aromatic carbocycles. The summed E-state index contributed by atoms with van der Waals surface area (Å²) >= 11 is 0. The first-order chi connectivity index (χ1) is 12.0. The van der Waals surface area contributed by atoms with Crippen molar-refractivity contribution in [2.75, 3.05) is 27.2 Å². The van der Waals surface area contributed by atoms with Crippen LogP contribution in [0, 0.1) is 5.82 Å². The van der Waals surface area contributed by atoms with Crippen molar-refractivity contribution < 1.29 is 9.18 Å². The number of aromatic nitrogens is 3. The first-order valence-electron chi connectivity index (χ1n) is 8.24. The summed E-state index contributed by atoms with van der Waals surface area (Å²) in [4.78, 5) is 16.9. The molecular weight excluding hydrogens is 333 g/mol. The maximum atomic E-state index is 13.3. The molecule has 7 heteroatoms. The van der Waals surface area contributed by atoms with E-state index >= 15 is 0 Å². The van der Waals surface area contributed by atoms with E-state index in [1.165, 1.54) is 12.1 Å². The number of H-pyrrole nitrogens is 1. The molecule has 0 saturated carbocycles. The van der Waals surface area contributed by atoms with Crippen LogP contribution in [0.5, 0.6) is 0 Å². The molecule has 0 saturated heterocycles. The van der Waals surface area contributed by atoms with Crippen LogP contribution in [0.4, 0.5) is 4.39 Å². The SMILES string of the molecule is C.CN(C)CCNC(=O)CCn1cc(-c2c[nH]c3cc(F)ccc23)cn1. The summed E-state index contributed by atoms with van der Waals surface area (Å²) in [7, 11) is 3.94. The fourth-order valence-electron chi connectivity index (χ4n) is 2.69. The monoisotopic (exact) mass is 359 g/mol. The maximum absolute atomic E-state index is 13.3. The van der Waals surface area contributed by atoms with Gasteiger partial charge in [0.2, 0.25) is 5.91 Å². The Morgan fingerprint density at radius 3 is 2.96 bits per heavy atom. The second-order valence-electron chi connectivity index (χ2n) is 6.29. The van der Waals surface area contributed by atoms with Gasteiger partial charge in [-0.05, 0) is 32.3 Å². The predicted octanol–water partition coefficient (Wildman–Crippen LogP) is 2.87. The molecule has 6 nitrogen and oxygen atoms in total. The number of nitrogens with one attached hydrogen (secondary N) is 2. The molecule has 0 spiro atoms. The molecule has 26 heavy (non-hydrogen) atoms. The molecule has 0 aliphatic rings. The number of halogens is 1. The Hall–Kier alpha value is -2.67. The maximum Gasteiger partial charge on any atom is 0.221 e. The van der Waals surface area contributed by atoms with E-state index in [1.54, 1.807) is 16.9 Å². The predicted molar refractivity (Wildman–Crippen MR) is 102 cm³/mol. The Bertz CT molecular complexity index is 868. The number of carbonyl (C=O) groups excluding carboxylic acids is 1. The summed E-state index contributed by atoms with van der Waals surface area (Å²) in [5.74, 6) is -0.252. The number of fused-ring (bicyclic) bond motifs is 1. The molecule has 0 radical (unpaired) electrons. The number of hydrogen-bond donors (Lipinski definition) is 2. The van der Waals surface area contributed by atoms with Crippen LogP contribution < -0.4 is 5.32 Å². The largest absolute Gasteiger partial charge is 0.360 e. The van der Waals surface area contributed by atoms with Crippen molar-refractivity contribution in [1.82, 2.24) is 25.0 Å². The van der Waals surface area contributed by atoms with E-state index < -0.39 is 0 Å². The number of rotatable bonds is 7. The van der Waals surface area contributed by atoms with Crippen LogP contribution in [-0.4, -0.2) is 52.8 Å². The molecule has 2 heterocycles. The quantitative estimate of drug-likeness (QED) is 0.682. The Morgan fingerprint density at radius 2 is 2.19 bits per heavy atom. The lowest BCUT2D eigenvalue weighted by Crippen LogP contribution is -2.31. The third-order valence-corrected chi connectivity index (χ3v) is 4.04. The molecule has 0 aliphatic carbocycles. The fourth-order valence-corrected chi connectivity index (χ4v) is 2.69. The van der Waals surface area contributed by atoms with Gasteiger partial charge in [0.15, 0.2) is 0 Å². The van der Waals surface area contributed by atoms with Gasteiger partial charge in [0.25, 0.3) is 0 Å². The van der Waals surface area contributed by atoms with Crippen LogP contribution >= 0.6 is 0 Å². The average Bonchev–Trinajstić information content (AvgIpc) is 3.18. The summed E-state index contributed by atoms with van der Waals surface area (Å²) in [6, 6.07) is 4.68. The lowest BCUT2D eigenvalue weighted by atomic mass is 10.1. The average molecular weight is 359 g/mol. The van der Waals surface area contributed by atoms with Crippen molar-refractivity contribution in [2.45, 2.75) is 20.4 Å². The molecule has 2 N–H and O–H groups in total. The van der Waals surface area contributed by atoms with E-state index in [-0.39, 0.29) is 19.2 Å². The smallest absolute Gasteiger partial charge is 0.221 e. The van der Waals surface area contributed by atoms with Crippen molar-refractivity contribution in [2.24, 2.45) is 0 Å². The number of aryl methyl sites for hydroxylation is 1. The van der Waals surface area contributed by atoms with Gasteiger partial charge in [-0.3, -0.25) is 9.48 Å². The van der Waals surface area contributed by atoms with Gasteiger partial charge in [0.1, 0.15) is 5.82 Å². The van der Waals surface area contributed by atoms with Gasteiger partial charge in [0, 0.05) is 60.5 Å². The van der Waals surface area contributed by atoms with Crippen LogP contribution in [0.1, 0.15) is 13.8 Å². The van der Waals surface area contributed by atoms with Gasteiger partial charge in [-0.1, -0.05) is 7.43 Å². The van der Waals surface area contributed by atoms with Gasteiger partial charge < -0.3 is 15.2 Å². The summed E-state index contributed by atoms with van der Waals surface area (Å²) < 4.78 is 15.0. The van der Waals surface area contributed by atoms with E-state index in [0.29, 0.717) is 19.5 Å². The van der Waals surface area contributed by atoms with Crippen LogP contribution in [-0.2, 0) is 11.3 Å². The van der Waals surface area contributed by atoms with Gasteiger partial charge in [0.05, 0.1) is 6.20 Å². The lowest BCUT2D eigenvalue weighted by molar-refractivity contribution is -0.121. The van der Waals surface area contributed by atoms with Crippen molar-refractivity contribution in [1.29, 1.82) is 0 Å². The number of hydrogen-bond acceptors (Lipinski definition) is 3. The molecule has 2 aromatic heterocycles. The Balaban J connectivity index is 0.00000243. The zero-order valence-electron chi connectivity index (χ0n) is 14.4. The molecule has 0 aliphatic heterocycles. The minimum atomic E-state index is -0.267. The molecule has 0 fully saturated rings. The van der Waals surface area contributed by atoms with Crippen molar-refractivity contribution in [3.05, 3.63) is 42.6 Å². The standard InChI is InChI=1S/C18H22FN5O.CH4/c1-23(2)8-6-20-18(25)5-7-24-12-13(10-22-24)16-11-21-17-9-14(19)3-4-15(16)17;/h3-4,9-12,21H,5-8H2,1-2H3,(H,20,25);1H4. The Kier molecular flexibility index (Phi) is 6.52. The highest BCUT2D eigenvalue weighted by atomic mass is 19.1. The summed E-state index contributed by atoms with van der Waals surface area (Å²) in [5.41, 5.74) is 2.66. The molecule has 3 aromatic rings. The number of benzene rings is 1. The molecule has 0 atom stereocenters. The van der Waals surface area contributed by atoms with E-state index in [9.17, 15) is 9.18 Å². The highest BCUT2D eigenvalue weighted by Gasteiger charge is 2.10. The molecule has 3 rings (SSSR count). The lowest BCUT2D eigenvalue weighted by Gasteiger charge is -2.10. The van der Waals surface area contributed by atoms with E-state index in [2.05, 4.69) is 15.4 Å². The van der Waals surface area contributed by atoms with E-state index in [1.807, 2.05) is 31.4 Å². The second kappa shape index (κ2) is 8.62. The number of nitrogens with zero attached hydrogens (tertiary/aromatic N) is 3. The first kappa shape index (κ1) is 19.7.